The molecule has 1 heterocycles. The van der Waals surface area contributed by atoms with Crippen molar-refractivity contribution >= 4 is 10.9 Å². The maximum atomic E-state index is 4.53. The number of aryl methyl sites for hydroxylation is 1. The van der Waals surface area contributed by atoms with E-state index in [1.807, 2.05) is 6.20 Å². The number of benzene rings is 1. The molecule has 0 bridgehead atoms. The molecule has 1 aromatic carbocycles. The van der Waals surface area contributed by atoms with Gasteiger partial charge >= 0.3 is 0 Å². The highest BCUT2D eigenvalue weighted by atomic mass is 14.9. The van der Waals surface area contributed by atoms with Crippen LogP contribution in [0.4, 0.5) is 0 Å². The van der Waals surface area contributed by atoms with Gasteiger partial charge in [0.2, 0.25) is 0 Å². The zero-order valence-electron chi connectivity index (χ0n) is 9.49. The number of aromatic nitrogens is 2. The number of hydrogen-bond acceptors (Lipinski definition) is 2. The van der Waals surface area contributed by atoms with Crippen molar-refractivity contribution in [2.75, 3.05) is 0 Å². The first kappa shape index (κ1) is 10.1. The van der Waals surface area contributed by atoms with Crippen molar-refractivity contribution < 1.29 is 0 Å². The first-order valence-electron chi connectivity index (χ1n) is 5.46. The van der Waals surface area contributed by atoms with Crippen LogP contribution in [-0.2, 0) is 6.42 Å². The van der Waals surface area contributed by atoms with Crippen LogP contribution in [0.2, 0.25) is 0 Å². The minimum atomic E-state index is 0.550. The van der Waals surface area contributed by atoms with Crippen molar-refractivity contribution in [3.63, 3.8) is 0 Å². The fourth-order valence-electron chi connectivity index (χ4n) is 1.61. The second-order valence-corrected chi connectivity index (χ2v) is 4.11. The molecule has 2 heteroatoms. The Balaban J connectivity index is 2.57. The lowest BCUT2D eigenvalue weighted by Crippen LogP contribution is -1.94. The molecule has 15 heavy (non-hydrogen) atoms. The fraction of sp³-hybridized carbons (Fsp3) is 0.385. The summed E-state index contributed by atoms with van der Waals surface area (Å²) in [5.74, 6) is 1.47. The van der Waals surface area contributed by atoms with Crippen molar-refractivity contribution in [3.8, 4) is 0 Å². The summed E-state index contributed by atoms with van der Waals surface area (Å²) in [7, 11) is 0. The minimum absolute atomic E-state index is 0.550. The van der Waals surface area contributed by atoms with Gasteiger partial charge in [0, 0.05) is 18.0 Å². The first-order chi connectivity index (χ1) is 7.20. The molecule has 0 unspecified atom stereocenters. The average Bonchev–Trinajstić information content (AvgIpc) is 2.27. The summed E-state index contributed by atoms with van der Waals surface area (Å²) in [4.78, 5) is 8.81. The van der Waals surface area contributed by atoms with E-state index in [0.717, 1.165) is 23.1 Å². The lowest BCUT2D eigenvalue weighted by atomic mass is 10.0. The topological polar surface area (TPSA) is 25.8 Å². The van der Waals surface area contributed by atoms with E-state index in [9.17, 15) is 0 Å². The molecule has 0 radical (unpaired) electrons. The van der Waals surface area contributed by atoms with Gasteiger partial charge in [-0.05, 0) is 17.5 Å². The van der Waals surface area contributed by atoms with Gasteiger partial charge in [-0.15, -0.1) is 0 Å². The predicted molar refractivity (Wildman–Crippen MR) is 63.0 cm³/mol. The highest BCUT2D eigenvalue weighted by molar-refractivity contribution is 5.78. The standard InChI is InChI=1S/C13H16N2/c1-4-13-14-8-11-6-5-10(9(2)3)7-12(11)15-13/h5-9H,4H2,1-3H3. The van der Waals surface area contributed by atoms with Gasteiger partial charge in [0.15, 0.2) is 0 Å². The quantitative estimate of drug-likeness (QED) is 0.743. The van der Waals surface area contributed by atoms with Gasteiger partial charge in [-0.1, -0.05) is 32.9 Å². The zero-order valence-corrected chi connectivity index (χ0v) is 9.49. The highest BCUT2D eigenvalue weighted by Crippen LogP contribution is 2.19. The van der Waals surface area contributed by atoms with Gasteiger partial charge in [-0.3, -0.25) is 0 Å². The molecule has 78 valence electrons. The van der Waals surface area contributed by atoms with Gasteiger partial charge in [-0.25, -0.2) is 9.97 Å². The molecule has 0 N–H and O–H groups in total. The van der Waals surface area contributed by atoms with E-state index in [1.54, 1.807) is 0 Å². The summed E-state index contributed by atoms with van der Waals surface area (Å²) in [5, 5.41) is 1.12. The van der Waals surface area contributed by atoms with Gasteiger partial charge in [-0.2, -0.15) is 0 Å². The minimum Gasteiger partial charge on any atom is -0.241 e. The molecule has 0 aliphatic rings. The van der Waals surface area contributed by atoms with E-state index in [4.69, 9.17) is 0 Å². The average molecular weight is 200 g/mol. The van der Waals surface area contributed by atoms with Crippen LogP contribution >= 0.6 is 0 Å². The maximum Gasteiger partial charge on any atom is 0.128 e. The Morgan fingerprint density at radius 2 is 2.07 bits per heavy atom. The van der Waals surface area contributed by atoms with Crippen LogP contribution in [0.5, 0.6) is 0 Å². The highest BCUT2D eigenvalue weighted by Gasteiger charge is 2.02. The Hall–Kier alpha value is -1.44. The molecule has 2 aromatic rings. The third-order valence-corrected chi connectivity index (χ3v) is 2.64. The van der Waals surface area contributed by atoms with E-state index in [-0.39, 0.29) is 0 Å². The van der Waals surface area contributed by atoms with Gasteiger partial charge in [0.1, 0.15) is 5.82 Å². The van der Waals surface area contributed by atoms with E-state index in [1.165, 1.54) is 5.56 Å². The first-order valence-corrected chi connectivity index (χ1v) is 5.46. The smallest absolute Gasteiger partial charge is 0.128 e. The van der Waals surface area contributed by atoms with Gasteiger partial charge in [0.05, 0.1) is 5.52 Å². The van der Waals surface area contributed by atoms with Crippen LogP contribution in [0.15, 0.2) is 24.4 Å². The van der Waals surface area contributed by atoms with Gasteiger partial charge in [0.25, 0.3) is 0 Å². The SMILES string of the molecule is CCc1ncc2ccc(C(C)C)cc2n1. The summed E-state index contributed by atoms with van der Waals surface area (Å²) in [6.07, 6.45) is 2.80. The molecule has 0 aliphatic carbocycles. The molecule has 0 spiro atoms. The van der Waals surface area contributed by atoms with Crippen LogP contribution in [0.3, 0.4) is 0 Å². The van der Waals surface area contributed by atoms with E-state index in [2.05, 4.69) is 48.9 Å². The fourth-order valence-corrected chi connectivity index (χ4v) is 1.61. The van der Waals surface area contributed by atoms with Crippen molar-refractivity contribution in [1.29, 1.82) is 0 Å². The van der Waals surface area contributed by atoms with Crippen LogP contribution in [0.25, 0.3) is 10.9 Å². The second kappa shape index (κ2) is 3.97. The Bertz CT molecular complexity index is 475. The Labute approximate surface area is 90.4 Å². The largest absolute Gasteiger partial charge is 0.241 e. The number of nitrogens with zero attached hydrogens (tertiary/aromatic N) is 2. The number of hydrogen-bond donors (Lipinski definition) is 0. The summed E-state index contributed by atoms with van der Waals surface area (Å²) in [6, 6.07) is 6.42. The number of fused-ring (bicyclic) bond motifs is 1. The normalized spacial score (nSPS) is 11.2. The molecule has 2 rings (SSSR count). The molecule has 2 nitrogen and oxygen atoms in total. The maximum absolute atomic E-state index is 4.53. The third kappa shape index (κ3) is 1.99. The van der Waals surface area contributed by atoms with E-state index in [0.29, 0.717) is 5.92 Å². The Kier molecular flexibility index (Phi) is 2.67. The van der Waals surface area contributed by atoms with Crippen LogP contribution in [0, 0.1) is 0 Å². The summed E-state index contributed by atoms with van der Waals surface area (Å²) < 4.78 is 0. The number of rotatable bonds is 2. The van der Waals surface area contributed by atoms with E-state index >= 15 is 0 Å². The Morgan fingerprint density at radius 1 is 1.27 bits per heavy atom. The van der Waals surface area contributed by atoms with Gasteiger partial charge < -0.3 is 0 Å². The molecular formula is C13H16N2. The zero-order chi connectivity index (χ0) is 10.8. The molecule has 0 atom stereocenters. The summed E-state index contributed by atoms with van der Waals surface area (Å²) in [6.45, 7) is 6.47. The summed E-state index contributed by atoms with van der Waals surface area (Å²) >= 11 is 0. The molecule has 0 saturated heterocycles. The lowest BCUT2D eigenvalue weighted by Gasteiger charge is -2.06. The van der Waals surface area contributed by atoms with Crippen LogP contribution in [0.1, 0.15) is 38.1 Å². The van der Waals surface area contributed by atoms with Crippen molar-refractivity contribution in [2.45, 2.75) is 33.1 Å². The molecule has 1 aromatic heterocycles. The molecule has 0 fully saturated rings. The second-order valence-electron chi connectivity index (χ2n) is 4.11. The monoisotopic (exact) mass is 200 g/mol. The van der Waals surface area contributed by atoms with Crippen molar-refractivity contribution in [2.24, 2.45) is 0 Å². The van der Waals surface area contributed by atoms with Crippen molar-refractivity contribution in [1.82, 2.24) is 9.97 Å². The molecule has 0 aliphatic heterocycles. The van der Waals surface area contributed by atoms with Crippen LogP contribution in [-0.4, -0.2) is 9.97 Å². The molecule has 0 saturated carbocycles. The van der Waals surface area contributed by atoms with Crippen LogP contribution < -0.4 is 0 Å². The van der Waals surface area contributed by atoms with Crippen molar-refractivity contribution in [3.05, 3.63) is 35.8 Å². The molecular weight excluding hydrogens is 184 g/mol. The lowest BCUT2D eigenvalue weighted by molar-refractivity contribution is 0.867. The third-order valence-electron chi connectivity index (χ3n) is 2.64. The Morgan fingerprint density at radius 3 is 2.73 bits per heavy atom. The predicted octanol–water partition coefficient (Wildman–Crippen LogP) is 3.32. The van der Waals surface area contributed by atoms with E-state index < -0.39 is 0 Å². The molecule has 0 amide bonds. The summed E-state index contributed by atoms with van der Waals surface area (Å²) in [5.41, 5.74) is 2.40.